The molecule has 1 saturated heterocycles. The predicted octanol–water partition coefficient (Wildman–Crippen LogP) is 2.83. The van der Waals surface area contributed by atoms with E-state index in [0.29, 0.717) is 18.2 Å². The van der Waals surface area contributed by atoms with Crippen LogP contribution in [-0.4, -0.2) is 30.7 Å². The van der Waals surface area contributed by atoms with Gasteiger partial charge in [-0.1, -0.05) is 12.1 Å². The van der Waals surface area contributed by atoms with Gasteiger partial charge in [0, 0.05) is 31.4 Å². The predicted molar refractivity (Wildman–Crippen MR) is 75.5 cm³/mol. The Hall–Kier alpha value is -1.06. The van der Waals surface area contributed by atoms with Crippen molar-refractivity contribution in [1.82, 2.24) is 4.90 Å². The summed E-state index contributed by atoms with van der Waals surface area (Å²) in [5, 5.41) is 0. The first-order valence-corrected chi connectivity index (χ1v) is 6.75. The second-order valence-electron chi connectivity index (χ2n) is 5.31. The molecule has 0 radical (unpaired) electrons. The highest BCUT2D eigenvalue weighted by atomic mass is 16.5. The van der Waals surface area contributed by atoms with Crippen LogP contribution in [0.4, 0.5) is 5.69 Å². The number of methoxy groups -OCH3 is 1. The maximum atomic E-state index is 5.74. The minimum absolute atomic E-state index is 0.426. The van der Waals surface area contributed by atoms with E-state index in [9.17, 15) is 0 Å². The molecule has 0 aliphatic carbocycles. The van der Waals surface area contributed by atoms with Crippen LogP contribution < -0.4 is 5.73 Å². The molecule has 1 aliphatic rings. The van der Waals surface area contributed by atoms with E-state index in [0.717, 1.165) is 25.1 Å². The minimum Gasteiger partial charge on any atom is -0.399 e. The topological polar surface area (TPSA) is 38.5 Å². The van der Waals surface area contributed by atoms with Crippen LogP contribution in [0.2, 0.25) is 0 Å². The van der Waals surface area contributed by atoms with E-state index in [-0.39, 0.29) is 0 Å². The lowest BCUT2D eigenvalue weighted by Crippen LogP contribution is -2.44. The fraction of sp³-hybridized carbons (Fsp3) is 0.600. The lowest BCUT2D eigenvalue weighted by atomic mass is 9.96. The summed E-state index contributed by atoms with van der Waals surface area (Å²) in [6.45, 7) is 5.67. The molecule has 3 heteroatoms. The number of nitrogens with zero attached hydrogens (tertiary/aromatic N) is 1. The zero-order valence-electron chi connectivity index (χ0n) is 11.6. The first-order chi connectivity index (χ1) is 8.61. The summed E-state index contributed by atoms with van der Waals surface area (Å²) in [5.41, 5.74) is 7.91. The summed E-state index contributed by atoms with van der Waals surface area (Å²) in [6.07, 6.45) is 2.67. The maximum absolute atomic E-state index is 5.74. The molecule has 1 aromatic carbocycles. The molecule has 18 heavy (non-hydrogen) atoms. The SMILES string of the molecule is COC1CCN(C(C)c2ccc(N)cc2)C(C)C1. The fourth-order valence-electron chi connectivity index (χ4n) is 2.90. The average molecular weight is 248 g/mol. The molecule has 1 aliphatic heterocycles. The molecule has 3 atom stereocenters. The van der Waals surface area contributed by atoms with Gasteiger partial charge in [0.2, 0.25) is 0 Å². The number of hydrogen-bond donors (Lipinski definition) is 1. The second-order valence-corrected chi connectivity index (χ2v) is 5.31. The monoisotopic (exact) mass is 248 g/mol. The molecule has 2 rings (SSSR count). The summed E-state index contributed by atoms with van der Waals surface area (Å²) in [7, 11) is 1.82. The Labute approximate surface area is 110 Å². The zero-order chi connectivity index (χ0) is 13.1. The largest absolute Gasteiger partial charge is 0.399 e. The molecule has 1 aromatic rings. The smallest absolute Gasteiger partial charge is 0.0598 e. The summed E-state index contributed by atoms with van der Waals surface area (Å²) in [6, 6.07) is 9.25. The van der Waals surface area contributed by atoms with Crippen molar-refractivity contribution in [2.45, 2.75) is 44.9 Å². The van der Waals surface area contributed by atoms with Crippen molar-refractivity contribution < 1.29 is 4.74 Å². The quantitative estimate of drug-likeness (QED) is 0.836. The number of rotatable bonds is 3. The number of benzene rings is 1. The summed E-state index contributed by atoms with van der Waals surface area (Å²) in [4.78, 5) is 2.56. The van der Waals surface area contributed by atoms with Crippen LogP contribution >= 0.6 is 0 Å². The van der Waals surface area contributed by atoms with Crippen LogP contribution in [0, 0.1) is 0 Å². The lowest BCUT2D eigenvalue weighted by Gasteiger charge is -2.41. The van der Waals surface area contributed by atoms with E-state index in [1.807, 2.05) is 19.2 Å². The molecule has 0 spiro atoms. The number of ether oxygens (including phenoxy) is 1. The number of hydrogen-bond acceptors (Lipinski definition) is 3. The highest BCUT2D eigenvalue weighted by Crippen LogP contribution is 2.29. The Kier molecular flexibility index (Phi) is 4.25. The van der Waals surface area contributed by atoms with Crippen LogP contribution in [-0.2, 0) is 4.74 Å². The summed E-state index contributed by atoms with van der Waals surface area (Å²) >= 11 is 0. The van der Waals surface area contributed by atoms with Crippen molar-refractivity contribution in [3.05, 3.63) is 29.8 Å². The van der Waals surface area contributed by atoms with E-state index >= 15 is 0 Å². The van der Waals surface area contributed by atoms with Crippen molar-refractivity contribution in [2.75, 3.05) is 19.4 Å². The lowest BCUT2D eigenvalue weighted by molar-refractivity contribution is 0.00126. The van der Waals surface area contributed by atoms with Crippen molar-refractivity contribution in [2.24, 2.45) is 0 Å². The fourth-order valence-corrected chi connectivity index (χ4v) is 2.90. The molecule has 1 heterocycles. The highest BCUT2D eigenvalue weighted by molar-refractivity contribution is 5.40. The van der Waals surface area contributed by atoms with Crippen molar-refractivity contribution in [1.29, 1.82) is 0 Å². The molecule has 1 fully saturated rings. The third-order valence-electron chi connectivity index (χ3n) is 4.13. The van der Waals surface area contributed by atoms with Crippen molar-refractivity contribution >= 4 is 5.69 Å². The van der Waals surface area contributed by atoms with Crippen LogP contribution in [0.15, 0.2) is 24.3 Å². The Balaban J connectivity index is 2.05. The van der Waals surface area contributed by atoms with Gasteiger partial charge in [0.1, 0.15) is 0 Å². The Bertz CT molecular complexity index is 377. The molecular formula is C15H24N2O. The molecule has 100 valence electrons. The van der Waals surface area contributed by atoms with E-state index in [4.69, 9.17) is 10.5 Å². The van der Waals surface area contributed by atoms with Gasteiger partial charge < -0.3 is 10.5 Å². The van der Waals surface area contributed by atoms with Gasteiger partial charge in [0.25, 0.3) is 0 Å². The Morgan fingerprint density at radius 3 is 2.56 bits per heavy atom. The van der Waals surface area contributed by atoms with Gasteiger partial charge >= 0.3 is 0 Å². The van der Waals surface area contributed by atoms with E-state index in [2.05, 4.69) is 30.9 Å². The summed E-state index contributed by atoms with van der Waals surface area (Å²) < 4.78 is 5.47. The van der Waals surface area contributed by atoms with Gasteiger partial charge in [-0.25, -0.2) is 0 Å². The number of nitrogen functional groups attached to an aromatic ring is 1. The van der Waals surface area contributed by atoms with Gasteiger partial charge in [-0.2, -0.15) is 0 Å². The zero-order valence-corrected chi connectivity index (χ0v) is 11.6. The Morgan fingerprint density at radius 2 is 2.00 bits per heavy atom. The molecular weight excluding hydrogens is 224 g/mol. The van der Waals surface area contributed by atoms with Crippen LogP contribution in [0.5, 0.6) is 0 Å². The molecule has 2 N–H and O–H groups in total. The third kappa shape index (κ3) is 2.85. The number of piperidine rings is 1. The van der Waals surface area contributed by atoms with Gasteiger partial charge in [0.15, 0.2) is 0 Å². The van der Waals surface area contributed by atoms with Crippen LogP contribution in [0.1, 0.15) is 38.3 Å². The molecule has 3 nitrogen and oxygen atoms in total. The molecule has 0 aromatic heterocycles. The van der Waals surface area contributed by atoms with E-state index < -0.39 is 0 Å². The minimum atomic E-state index is 0.426. The standard InChI is InChI=1S/C15H24N2O/c1-11-10-15(18-3)8-9-17(11)12(2)13-4-6-14(16)7-5-13/h4-7,11-12,15H,8-10,16H2,1-3H3. The Morgan fingerprint density at radius 1 is 1.33 bits per heavy atom. The first-order valence-electron chi connectivity index (χ1n) is 6.75. The van der Waals surface area contributed by atoms with Crippen LogP contribution in [0.3, 0.4) is 0 Å². The van der Waals surface area contributed by atoms with Gasteiger partial charge in [0.05, 0.1) is 6.10 Å². The van der Waals surface area contributed by atoms with Crippen molar-refractivity contribution in [3.8, 4) is 0 Å². The average Bonchev–Trinajstić information content (AvgIpc) is 2.38. The number of nitrogens with two attached hydrogens (primary N) is 1. The summed E-state index contributed by atoms with van der Waals surface area (Å²) in [5.74, 6) is 0. The van der Waals surface area contributed by atoms with Gasteiger partial charge in [-0.05, 0) is 44.4 Å². The van der Waals surface area contributed by atoms with E-state index in [1.165, 1.54) is 5.56 Å². The molecule has 0 amide bonds. The second kappa shape index (κ2) is 5.72. The third-order valence-corrected chi connectivity index (χ3v) is 4.13. The maximum Gasteiger partial charge on any atom is 0.0598 e. The van der Waals surface area contributed by atoms with Crippen LogP contribution in [0.25, 0.3) is 0 Å². The molecule has 0 saturated carbocycles. The highest BCUT2D eigenvalue weighted by Gasteiger charge is 2.28. The van der Waals surface area contributed by atoms with E-state index in [1.54, 1.807) is 0 Å². The van der Waals surface area contributed by atoms with Crippen molar-refractivity contribution in [3.63, 3.8) is 0 Å². The van der Waals surface area contributed by atoms with Gasteiger partial charge in [-0.3, -0.25) is 4.90 Å². The molecule has 0 bridgehead atoms. The number of anilines is 1. The molecule has 3 unspecified atom stereocenters. The first kappa shape index (κ1) is 13.4. The normalized spacial score (nSPS) is 27.1. The van der Waals surface area contributed by atoms with Gasteiger partial charge in [-0.15, -0.1) is 0 Å². The number of likely N-dealkylation sites (tertiary alicyclic amines) is 1.